The Morgan fingerprint density at radius 1 is 0.450 bits per heavy atom. The normalized spacial score (nSPS) is 11.9. The molecule has 3 aromatic rings. The molecule has 0 aliphatic carbocycles. The quantitative estimate of drug-likeness (QED) is 0.125. The second kappa shape index (κ2) is 19.4. The first kappa shape index (κ1) is 31.8. The number of ether oxygens (including phenoxy) is 2. The van der Waals surface area contributed by atoms with Crippen LogP contribution in [0.25, 0.3) is 0 Å². The molecule has 1 atom stereocenters. The van der Waals surface area contributed by atoms with Gasteiger partial charge in [-0.25, -0.2) is 0 Å². The van der Waals surface area contributed by atoms with E-state index in [9.17, 15) is 0 Å². The highest BCUT2D eigenvalue weighted by Crippen LogP contribution is 2.26. The molecule has 0 radical (unpaired) electrons. The molecule has 218 valence electrons. The first-order valence-electron chi connectivity index (χ1n) is 16.2. The Morgan fingerprint density at radius 3 is 1.25 bits per heavy atom. The summed E-state index contributed by atoms with van der Waals surface area (Å²) in [5.41, 5.74) is 5.44. The number of aryl methyl sites for hydroxylation is 2. The van der Waals surface area contributed by atoms with Crippen molar-refractivity contribution in [1.82, 2.24) is 0 Å². The zero-order valence-electron chi connectivity index (χ0n) is 25.6. The third-order valence-electron chi connectivity index (χ3n) is 8.02. The molecule has 0 heterocycles. The molecule has 2 heteroatoms. The molecule has 0 amide bonds. The van der Waals surface area contributed by atoms with E-state index >= 15 is 0 Å². The smallest absolute Gasteiger partial charge is 0.119 e. The van der Waals surface area contributed by atoms with Gasteiger partial charge in [0.1, 0.15) is 11.5 Å². The van der Waals surface area contributed by atoms with Gasteiger partial charge >= 0.3 is 0 Å². The van der Waals surface area contributed by atoms with Crippen molar-refractivity contribution < 1.29 is 9.47 Å². The highest BCUT2D eigenvalue weighted by molar-refractivity contribution is 5.37. The van der Waals surface area contributed by atoms with Gasteiger partial charge in [0.15, 0.2) is 0 Å². The van der Waals surface area contributed by atoms with Crippen molar-refractivity contribution in [1.29, 1.82) is 0 Å². The minimum absolute atomic E-state index is 0.366. The van der Waals surface area contributed by atoms with Crippen molar-refractivity contribution in [3.63, 3.8) is 0 Å². The number of rotatable bonds is 21. The van der Waals surface area contributed by atoms with E-state index in [1.807, 2.05) is 0 Å². The van der Waals surface area contributed by atoms with Gasteiger partial charge in [0.05, 0.1) is 13.2 Å². The van der Waals surface area contributed by atoms with E-state index in [0.717, 1.165) is 50.4 Å². The molecule has 0 spiro atoms. The monoisotopic (exact) mass is 542 g/mol. The lowest BCUT2D eigenvalue weighted by molar-refractivity contribution is 0.304. The van der Waals surface area contributed by atoms with Crippen LogP contribution in [0.15, 0.2) is 72.8 Å². The maximum absolute atomic E-state index is 5.97. The third kappa shape index (κ3) is 12.2. The van der Waals surface area contributed by atoms with Gasteiger partial charge in [-0.05, 0) is 72.2 Å². The number of hydrogen-bond acceptors (Lipinski definition) is 2. The predicted molar refractivity (Wildman–Crippen MR) is 172 cm³/mol. The van der Waals surface area contributed by atoms with Gasteiger partial charge in [0.25, 0.3) is 0 Å². The predicted octanol–water partition coefficient (Wildman–Crippen LogP) is 11.1. The minimum atomic E-state index is 0.366. The third-order valence-corrected chi connectivity index (χ3v) is 8.02. The molecule has 0 aliphatic rings. The fourth-order valence-electron chi connectivity index (χ4n) is 5.20. The van der Waals surface area contributed by atoms with Crippen LogP contribution >= 0.6 is 0 Å². The van der Waals surface area contributed by atoms with Crippen molar-refractivity contribution in [3.8, 4) is 11.5 Å². The van der Waals surface area contributed by atoms with Crippen LogP contribution in [-0.2, 0) is 12.8 Å². The van der Waals surface area contributed by atoms with Crippen molar-refractivity contribution in [3.05, 3.63) is 95.1 Å². The molecule has 0 saturated heterocycles. The van der Waals surface area contributed by atoms with Gasteiger partial charge in [-0.2, -0.15) is 0 Å². The summed E-state index contributed by atoms with van der Waals surface area (Å²) in [5.74, 6) is 2.34. The van der Waals surface area contributed by atoms with Crippen molar-refractivity contribution in [2.24, 2.45) is 0 Å². The Balaban J connectivity index is 1.36. The van der Waals surface area contributed by atoms with E-state index in [0.29, 0.717) is 5.92 Å². The average Bonchev–Trinajstić information content (AvgIpc) is 3.00. The molecule has 1 unspecified atom stereocenters. The lowest BCUT2D eigenvalue weighted by Gasteiger charge is -2.14. The summed E-state index contributed by atoms with van der Waals surface area (Å²) in [5, 5.41) is 0. The summed E-state index contributed by atoms with van der Waals surface area (Å²) >= 11 is 0. The molecule has 3 rings (SSSR count). The highest BCUT2D eigenvalue weighted by atomic mass is 16.5. The Kier molecular flexibility index (Phi) is 15.4. The molecule has 0 aromatic heterocycles. The molecule has 3 aromatic carbocycles. The fourth-order valence-corrected chi connectivity index (χ4v) is 5.20. The van der Waals surface area contributed by atoms with Crippen molar-refractivity contribution in [2.45, 2.75) is 117 Å². The Labute approximate surface area is 245 Å². The molecule has 0 aliphatic heterocycles. The Hall–Kier alpha value is -2.74. The SMILES string of the molecule is CCCCCCCCOc1ccc(CCc2ccc(C(C)c3ccc(OCCCCCCCC)cc3)cc2)cc1. The van der Waals surface area contributed by atoms with Crippen LogP contribution in [0, 0.1) is 0 Å². The lowest BCUT2D eigenvalue weighted by atomic mass is 9.92. The van der Waals surface area contributed by atoms with E-state index < -0.39 is 0 Å². The Morgan fingerprint density at radius 2 is 0.800 bits per heavy atom. The largest absolute Gasteiger partial charge is 0.494 e. The summed E-state index contributed by atoms with van der Waals surface area (Å²) in [4.78, 5) is 0. The van der Waals surface area contributed by atoms with Crippen molar-refractivity contribution in [2.75, 3.05) is 13.2 Å². The standard InChI is InChI=1S/C38H54O2/c1-4-6-8-10-12-14-30-39-37-26-20-34(21-27-37)17-16-33-18-22-35(23-19-33)32(3)36-24-28-38(29-25-36)40-31-15-13-11-9-7-5-2/h18-29,32H,4-17,30-31H2,1-3H3. The van der Waals surface area contributed by atoms with Crippen LogP contribution < -0.4 is 9.47 Å². The first-order chi connectivity index (χ1) is 19.7. The van der Waals surface area contributed by atoms with E-state index in [2.05, 4.69) is 93.6 Å². The van der Waals surface area contributed by atoms with E-state index in [1.165, 1.54) is 86.5 Å². The van der Waals surface area contributed by atoms with Crippen LogP contribution in [-0.4, -0.2) is 13.2 Å². The maximum atomic E-state index is 5.97. The van der Waals surface area contributed by atoms with Gasteiger partial charge in [-0.1, -0.05) is 134 Å². The first-order valence-corrected chi connectivity index (χ1v) is 16.2. The van der Waals surface area contributed by atoms with Crippen molar-refractivity contribution >= 4 is 0 Å². The number of hydrogen-bond donors (Lipinski definition) is 0. The molecule has 0 bridgehead atoms. The zero-order chi connectivity index (χ0) is 28.3. The molecule has 2 nitrogen and oxygen atoms in total. The van der Waals surface area contributed by atoms with Crippen LogP contribution in [0.5, 0.6) is 11.5 Å². The summed E-state index contributed by atoms with van der Waals surface area (Å²) in [6.07, 6.45) is 17.6. The van der Waals surface area contributed by atoms with Gasteiger partial charge in [-0.15, -0.1) is 0 Å². The van der Waals surface area contributed by atoms with E-state index in [1.54, 1.807) is 0 Å². The molecular formula is C38H54O2. The molecule has 0 fully saturated rings. The summed E-state index contributed by atoms with van der Waals surface area (Å²) < 4.78 is 11.9. The minimum Gasteiger partial charge on any atom is -0.494 e. The highest BCUT2D eigenvalue weighted by Gasteiger charge is 2.09. The second-order valence-corrected chi connectivity index (χ2v) is 11.4. The molecule has 0 N–H and O–H groups in total. The second-order valence-electron chi connectivity index (χ2n) is 11.4. The number of benzene rings is 3. The molecule has 0 saturated carbocycles. The Bertz CT molecular complexity index is 1020. The van der Waals surface area contributed by atoms with Gasteiger partial charge in [0, 0.05) is 5.92 Å². The van der Waals surface area contributed by atoms with Gasteiger partial charge in [-0.3, -0.25) is 0 Å². The molecular weight excluding hydrogens is 488 g/mol. The van der Waals surface area contributed by atoms with E-state index in [-0.39, 0.29) is 0 Å². The topological polar surface area (TPSA) is 18.5 Å². The summed E-state index contributed by atoms with van der Waals surface area (Å²) in [7, 11) is 0. The maximum Gasteiger partial charge on any atom is 0.119 e. The van der Waals surface area contributed by atoms with Crippen LogP contribution in [0.3, 0.4) is 0 Å². The molecule has 40 heavy (non-hydrogen) atoms. The summed E-state index contributed by atoms with van der Waals surface area (Å²) in [6, 6.07) is 26.6. The summed E-state index contributed by atoms with van der Waals surface area (Å²) in [6.45, 7) is 8.46. The lowest BCUT2D eigenvalue weighted by Crippen LogP contribution is -2.00. The van der Waals surface area contributed by atoms with Gasteiger partial charge in [0.2, 0.25) is 0 Å². The number of unbranched alkanes of at least 4 members (excludes halogenated alkanes) is 10. The fraction of sp³-hybridized carbons (Fsp3) is 0.526. The van der Waals surface area contributed by atoms with E-state index in [4.69, 9.17) is 9.47 Å². The van der Waals surface area contributed by atoms with Gasteiger partial charge < -0.3 is 9.47 Å². The average molecular weight is 543 g/mol. The van der Waals surface area contributed by atoms with Crippen LogP contribution in [0.2, 0.25) is 0 Å². The zero-order valence-corrected chi connectivity index (χ0v) is 25.6. The van der Waals surface area contributed by atoms with Crippen LogP contribution in [0.4, 0.5) is 0 Å². The van der Waals surface area contributed by atoms with Crippen LogP contribution in [0.1, 0.15) is 126 Å².